The molecule has 0 fully saturated rings. The molecule has 0 spiro atoms. The maximum absolute atomic E-state index is 12.5. The van der Waals surface area contributed by atoms with Crippen molar-refractivity contribution in [2.24, 2.45) is 0 Å². The summed E-state index contributed by atoms with van der Waals surface area (Å²) in [6.45, 7) is 1.84. The zero-order valence-corrected chi connectivity index (χ0v) is 12.0. The van der Waals surface area contributed by atoms with Gasteiger partial charge in [0, 0.05) is 17.3 Å². The normalized spacial score (nSPS) is 13.4. The van der Waals surface area contributed by atoms with Crippen LogP contribution in [0.15, 0.2) is 24.4 Å². The molecule has 0 bridgehead atoms. The molecule has 20 heavy (non-hydrogen) atoms. The minimum Gasteiger partial charge on any atom is -0.325 e. The maximum atomic E-state index is 12.5. The molecule has 1 aromatic carbocycles. The number of carbonyl (C=O) groups excluding carboxylic acids is 1. The van der Waals surface area contributed by atoms with E-state index in [1.165, 1.54) is 18.2 Å². The highest BCUT2D eigenvalue weighted by Crippen LogP contribution is 2.26. The Balaban J connectivity index is 2.27. The molecule has 4 nitrogen and oxygen atoms in total. The summed E-state index contributed by atoms with van der Waals surface area (Å²) in [7, 11) is 0. The van der Waals surface area contributed by atoms with Crippen LogP contribution in [0.4, 0.5) is 18.9 Å². The number of hydrogen-bond acceptors (Lipinski definition) is 2. The lowest BCUT2D eigenvalue weighted by Crippen LogP contribution is -2.21. The first-order valence-corrected chi connectivity index (χ1v) is 6.74. The highest BCUT2D eigenvalue weighted by atomic mass is 79.9. The first-order valence-electron chi connectivity index (χ1n) is 5.83. The number of halogens is 4. The van der Waals surface area contributed by atoms with E-state index in [0.29, 0.717) is 17.5 Å². The highest BCUT2D eigenvalue weighted by molar-refractivity contribution is 9.10. The predicted molar refractivity (Wildman–Crippen MR) is 72.7 cm³/mol. The summed E-state index contributed by atoms with van der Waals surface area (Å²) in [4.78, 5) is 11.3. The van der Waals surface area contributed by atoms with Gasteiger partial charge < -0.3 is 5.32 Å². The molecule has 1 aromatic heterocycles. The SMILES string of the molecule is CC[C@@H](Br)C(=O)Nc1ccc2nn(C(F)(F)F)cc2c1. The maximum Gasteiger partial charge on any atom is 0.504 e. The monoisotopic (exact) mass is 349 g/mol. The van der Waals surface area contributed by atoms with E-state index in [2.05, 4.69) is 26.3 Å². The van der Waals surface area contributed by atoms with Crippen LogP contribution < -0.4 is 5.32 Å². The predicted octanol–water partition coefficient (Wildman–Crippen LogP) is 3.62. The van der Waals surface area contributed by atoms with E-state index in [4.69, 9.17) is 0 Å². The molecule has 2 aromatic rings. The van der Waals surface area contributed by atoms with E-state index < -0.39 is 6.30 Å². The second kappa shape index (κ2) is 5.43. The number of amides is 1. The van der Waals surface area contributed by atoms with Crippen molar-refractivity contribution >= 4 is 38.4 Å². The van der Waals surface area contributed by atoms with Crippen LogP contribution in [0.5, 0.6) is 0 Å². The van der Waals surface area contributed by atoms with Gasteiger partial charge in [-0.15, -0.1) is 13.2 Å². The number of nitrogens with one attached hydrogen (secondary N) is 1. The zero-order valence-electron chi connectivity index (χ0n) is 10.4. The van der Waals surface area contributed by atoms with Gasteiger partial charge in [-0.3, -0.25) is 4.79 Å². The summed E-state index contributed by atoms with van der Waals surface area (Å²) in [5, 5.41) is 6.36. The van der Waals surface area contributed by atoms with Gasteiger partial charge in [-0.2, -0.15) is 9.78 Å². The minimum absolute atomic E-state index is 0.0530. The quantitative estimate of drug-likeness (QED) is 0.860. The smallest absolute Gasteiger partial charge is 0.325 e. The van der Waals surface area contributed by atoms with Crippen molar-refractivity contribution in [1.82, 2.24) is 9.78 Å². The largest absolute Gasteiger partial charge is 0.504 e. The third-order valence-electron chi connectivity index (χ3n) is 2.67. The lowest BCUT2D eigenvalue weighted by Gasteiger charge is -2.08. The molecule has 0 aliphatic heterocycles. The van der Waals surface area contributed by atoms with Crippen molar-refractivity contribution in [2.45, 2.75) is 24.5 Å². The van der Waals surface area contributed by atoms with Crippen LogP contribution in [-0.2, 0) is 11.1 Å². The summed E-state index contributed by atoms with van der Waals surface area (Å²) in [5.41, 5.74) is 0.647. The Kier molecular flexibility index (Phi) is 4.03. The second-order valence-electron chi connectivity index (χ2n) is 4.18. The number of carbonyl (C=O) groups is 1. The summed E-state index contributed by atoms with van der Waals surface area (Å²) in [6.07, 6.45) is -3.05. The van der Waals surface area contributed by atoms with Crippen molar-refractivity contribution in [3.05, 3.63) is 24.4 Å². The molecule has 0 saturated carbocycles. The summed E-state index contributed by atoms with van der Waals surface area (Å²) >= 11 is 3.20. The Labute approximate surface area is 121 Å². The molecule has 1 N–H and O–H groups in total. The Bertz CT molecular complexity index is 638. The average molecular weight is 350 g/mol. The van der Waals surface area contributed by atoms with Crippen LogP contribution in [0.25, 0.3) is 10.9 Å². The van der Waals surface area contributed by atoms with Crippen LogP contribution in [-0.4, -0.2) is 20.5 Å². The molecule has 108 valence electrons. The summed E-state index contributed by atoms with van der Waals surface area (Å²) in [6, 6.07) is 4.41. The number of alkyl halides is 4. The van der Waals surface area contributed by atoms with Gasteiger partial charge in [-0.05, 0) is 24.6 Å². The lowest BCUT2D eigenvalue weighted by atomic mass is 10.2. The van der Waals surface area contributed by atoms with Crippen molar-refractivity contribution < 1.29 is 18.0 Å². The van der Waals surface area contributed by atoms with E-state index in [9.17, 15) is 18.0 Å². The molecule has 1 heterocycles. The average Bonchev–Trinajstić information content (AvgIpc) is 2.80. The lowest BCUT2D eigenvalue weighted by molar-refractivity contribution is -0.211. The van der Waals surface area contributed by atoms with Gasteiger partial charge in [0.2, 0.25) is 5.91 Å². The first-order chi connectivity index (χ1) is 9.31. The van der Waals surface area contributed by atoms with Crippen molar-refractivity contribution in [3.8, 4) is 0 Å². The molecule has 1 atom stereocenters. The van der Waals surface area contributed by atoms with Crippen molar-refractivity contribution in [2.75, 3.05) is 5.32 Å². The van der Waals surface area contributed by atoms with E-state index in [1.54, 1.807) is 0 Å². The molecule has 1 amide bonds. The fourth-order valence-corrected chi connectivity index (χ4v) is 1.75. The molecular weight excluding hydrogens is 339 g/mol. The van der Waals surface area contributed by atoms with Crippen LogP contribution in [0, 0.1) is 0 Å². The molecule has 0 aliphatic rings. The van der Waals surface area contributed by atoms with E-state index >= 15 is 0 Å². The third-order valence-corrected chi connectivity index (χ3v) is 3.74. The fraction of sp³-hybridized carbons (Fsp3) is 0.333. The Hall–Kier alpha value is -1.57. The standard InChI is InChI=1S/C12H11BrF3N3O/c1-2-9(13)11(20)17-8-3-4-10-7(5-8)6-19(18-10)12(14,15)16/h3-6,9H,2H2,1H3,(H,17,20)/t9-/m1/s1. The van der Waals surface area contributed by atoms with Crippen molar-refractivity contribution in [3.63, 3.8) is 0 Å². The van der Waals surface area contributed by atoms with Crippen LogP contribution >= 0.6 is 15.9 Å². The summed E-state index contributed by atoms with van der Waals surface area (Å²) in [5.74, 6) is -0.241. The second-order valence-corrected chi connectivity index (χ2v) is 5.29. The van der Waals surface area contributed by atoms with Gasteiger partial charge >= 0.3 is 6.30 Å². The topological polar surface area (TPSA) is 46.9 Å². The zero-order chi connectivity index (χ0) is 14.9. The van der Waals surface area contributed by atoms with E-state index in [0.717, 1.165) is 6.20 Å². The van der Waals surface area contributed by atoms with Gasteiger partial charge in [0.05, 0.1) is 10.3 Å². The van der Waals surface area contributed by atoms with Crippen molar-refractivity contribution in [1.29, 1.82) is 0 Å². The fourth-order valence-electron chi connectivity index (χ4n) is 1.64. The van der Waals surface area contributed by atoms with Crippen LogP contribution in [0.3, 0.4) is 0 Å². The molecule has 0 unspecified atom stereocenters. The number of rotatable bonds is 3. The highest BCUT2D eigenvalue weighted by Gasteiger charge is 2.31. The Morgan fingerprint density at radius 3 is 2.80 bits per heavy atom. The number of hydrogen-bond donors (Lipinski definition) is 1. The molecule has 0 aliphatic carbocycles. The summed E-state index contributed by atoms with van der Waals surface area (Å²) < 4.78 is 37.5. The Morgan fingerprint density at radius 1 is 1.50 bits per heavy atom. The van der Waals surface area contributed by atoms with Gasteiger partial charge in [0.1, 0.15) is 0 Å². The Morgan fingerprint density at radius 2 is 2.20 bits per heavy atom. The molecule has 0 radical (unpaired) electrons. The number of aromatic nitrogens is 2. The van der Waals surface area contributed by atoms with Gasteiger partial charge in [-0.1, -0.05) is 22.9 Å². The number of nitrogens with zero attached hydrogens (tertiary/aromatic N) is 2. The molecule has 8 heteroatoms. The number of anilines is 1. The molecule has 2 rings (SSSR count). The number of benzene rings is 1. The van der Waals surface area contributed by atoms with Crippen LogP contribution in [0.2, 0.25) is 0 Å². The molecular formula is C12H11BrF3N3O. The van der Waals surface area contributed by atoms with Gasteiger partial charge in [0.15, 0.2) is 0 Å². The molecule has 0 saturated heterocycles. The van der Waals surface area contributed by atoms with E-state index in [-0.39, 0.29) is 20.9 Å². The third kappa shape index (κ3) is 3.12. The van der Waals surface area contributed by atoms with Crippen LogP contribution in [0.1, 0.15) is 13.3 Å². The van der Waals surface area contributed by atoms with E-state index in [1.807, 2.05) is 6.92 Å². The minimum atomic E-state index is -4.55. The van der Waals surface area contributed by atoms with Gasteiger partial charge in [0.25, 0.3) is 0 Å². The number of fused-ring (bicyclic) bond motifs is 1. The first kappa shape index (κ1) is 14.8. The van der Waals surface area contributed by atoms with Gasteiger partial charge in [-0.25, -0.2) is 0 Å².